The summed E-state index contributed by atoms with van der Waals surface area (Å²) in [6.45, 7) is 0. The molecule has 2 rings (SSSR count). The fourth-order valence-electron chi connectivity index (χ4n) is 1.18. The molecule has 0 unspecified atom stereocenters. The number of carboxylic acids is 1. The monoisotopic (exact) mass is 216 g/mol. The maximum absolute atomic E-state index is 12.8. The molecule has 0 aliphatic rings. The molecule has 1 heterocycles. The second-order valence-corrected chi connectivity index (χ2v) is 2.56. The van der Waals surface area contributed by atoms with E-state index in [0.717, 1.165) is 6.07 Å². The van der Waals surface area contributed by atoms with Crippen molar-refractivity contribution in [1.82, 2.24) is 9.97 Å². The fraction of sp³-hybridized carbons (Fsp3) is 0. The number of rotatable bonds is 1. The number of hydrogen-bond acceptors (Lipinski definition) is 2. The number of aromatic nitrogens is 2. The van der Waals surface area contributed by atoms with E-state index in [9.17, 15) is 9.18 Å². The molecule has 1 aromatic carbocycles. The van der Waals surface area contributed by atoms with Crippen LogP contribution in [0.2, 0.25) is 0 Å². The Labute approximate surface area is 84.2 Å². The van der Waals surface area contributed by atoms with E-state index in [2.05, 4.69) is 9.97 Å². The summed E-state index contributed by atoms with van der Waals surface area (Å²) in [5.74, 6) is -1.77. The quantitative estimate of drug-likeness (QED) is 0.764. The standard InChI is InChI=1S/C8H5FN2O2.ClH/c9-4-1-5(8(12)13)7-6(2-4)10-3-11-7;/h1-3H,(H,10,11)(H,12,13);1H. The van der Waals surface area contributed by atoms with Crippen molar-refractivity contribution in [3.63, 3.8) is 0 Å². The van der Waals surface area contributed by atoms with Gasteiger partial charge in [0.05, 0.1) is 17.4 Å². The second-order valence-electron chi connectivity index (χ2n) is 2.56. The molecule has 14 heavy (non-hydrogen) atoms. The Morgan fingerprint density at radius 3 is 2.86 bits per heavy atom. The minimum absolute atomic E-state index is 0. The zero-order valence-corrected chi connectivity index (χ0v) is 7.64. The molecule has 4 nitrogen and oxygen atoms in total. The van der Waals surface area contributed by atoms with Crippen LogP contribution in [0.1, 0.15) is 10.4 Å². The average Bonchev–Trinajstić information content (AvgIpc) is 2.49. The van der Waals surface area contributed by atoms with Gasteiger partial charge in [-0.05, 0) is 12.1 Å². The lowest BCUT2D eigenvalue weighted by molar-refractivity contribution is 0.0698. The Morgan fingerprint density at radius 1 is 1.50 bits per heavy atom. The Morgan fingerprint density at radius 2 is 2.21 bits per heavy atom. The molecule has 0 fully saturated rings. The Hall–Kier alpha value is -1.62. The molecule has 2 aromatic rings. The van der Waals surface area contributed by atoms with Gasteiger partial charge in [-0.3, -0.25) is 0 Å². The summed E-state index contributed by atoms with van der Waals surface area (Å²) in [5, 5.41) is 8.71. The highest BCUT2D eigenvalue weighted by atomic mass is 35.5. The van der Waals surface area contributed by atoms with Crippen molar-refractivity contribution in [3.05, 3.63) is 29.8 Å². The number of carboxylic acid groups (broad SMARTS) is 1. The number of H-pyrrole nitrogens is 1. The van der Waals surface area contributed by atoms with E-state index in [1.165, 1.54) is 12.4 Å². The van der Waals surface area contributed by atoms with Gasteiger partial charge in [0.1, 0.15) is 11.3 Å². The van der Waals surface area contributed by atoms with Crippen LogP contribution in [0.5, 0.6) is 0 Å². The first-order chi connectivity index (χ1) is 6.18. The number of hydrogen-bond donors (Lipinski definition) is 2. The van der Waals surface area contributed by atoms with Gasteiger partial charge in [-0.2, -0.15) is 0 Å². The van der Waals surface area contributed by atoms with Crippen LogP contribution in [0.15, 0.2) is 18.5 Å². The first kappa shape index (κ1) is 10.5. The predicted molar refractivity (Wildman–Crippen MR) is 50.3 cm³/mol. The van der Waals surface area contributed by atoms with E-state index in [1.807, 2.05) is 0 Å². The van der Waals surface area contributed by atoms with Crippen LogP contribution in [-0.2, 0) is 0 Å². The number of benzene rings is 1. The molecule has 0 spiro atoms. The summed E-state index contributed by atoms with van der Waals surface area (Å²) in [7, 11) is 0. The second kappa shape index (κ2) is 3.63. The molecule has 1 aromatic heterocycles. The number of halogens is 2. The molecule has 6 heteroatoms. The van der Waals surface area contributed by atoms with Crippen LogP contribution < -0.4 is 0 Å². The van der Waals surface area contributed by atoms with Gasteiger partial charge in [-0.1, -0.05) is 0 Å². The minimum atomic E-state index is -1.18. The highest BCUT2D eigenvalue weighted by molar-refractivity contribution is 6.00. The molecule has 0 bridgehead atoms. The van der Waals surface area contributed by atoms with Crippen LogP contribution in [0.25, 0.3) is 11.0 Å². The van der Waals surface area contributed by atoms with Gasteiger partial charge >= 0.3 is 5.97 Å². The van der Waals surface area contributed by atoms with E-state index in [-0.39, 0.29) is 23.5 Å². The van der Waals surface area contributed by atoms with E-state index >= 15 is 0 Å². The molecule has 0 radical (unpaired) electrons. The van der Waals surface area contributed by atoms with Gasteiger partial charge in [0.2, 0.25) is 0 Å². The van der Waals surface area contributed by atoms with Gasteiger partial charge in [-0.15, -0.1) is 12.4 Å². The lowest BCUT2D eigenvalue weighted by atomic mass is 10.2. The lowest BCUT2D eigenvalue weighted by Gasteiger charge is -1.95. The smallest absolute Gasteiger partial charge is 0.338 e. The molecule has 0 saturated carbocycles. The van der Waals surface area contributed by atoms with Gasteiger partial charge in [0.25, 0.3) is 0 Å². The number of fused-ring (bicyclic) bond motifs is 1. The molecule has 0 atom stereocenters. The Kier molecular flexibility index (Phi) is 2.71. The topological polar surface area (TPSA) is 66.0 Å². The maximum atomic E-state index is 12.8. The van der Waals surface area contributed by atoms with Crippen molar-refractivity contribution in [2.75, 3.05) is 0 Å². The van der Waals surface area contributed by atoms with Gasteiger partial charge < -0.3 is 10.1 Å². The largest absolute Gasteiger partial charge is 0.478 e. The number of carbonyl (C=O) groups is 1. The number of nitrogens with zero attached hydrogens (tertiary/aromatic N) is 1. The molecule has 0 aliphatic heterocycles. The summed E-state index contributed by atoms with van der Waals surface area (Å²) in [5.41, 5.74) is 0.530. The highest BCUT2D eigenvalue weighted by Crippen LogP contribution is 2.16. The third-order valence-electron chi connectivity index (χ3n) is 1.72. The summed E-state index contributed by atoms with van der Waals surface area (Å²) >= 11 is 0. The molecule has 0 saturated heterocycles. The van der Waals surface area contributed by atoms with E-state index < -0.39 is 11.8 Å². The first-order valence-corrected chi connectivity index (χ1v) is 3.54. The first-order valence-electron chi connectivity index (χ1n) is 3.54. The number of aromatic amines is 1. The van der Waals surface area contributed by atoms with Crippen molar-refractivity contribution in [2.24, 2.45) is 0 Å². The van der Waals surface area contributed by atoms with Crippen molar-refractivity contribution in [3.8, 4) is 0 Å². The van der Waals surface area contributed by atoms with Gasteiger partial charge in [0.15, 0.2) is 0 Å². The lowest BCUT2D eigenvalue weighted by Crippen LogP contribution is -1.98. The van der Waals surface area contributed by atoms with Crippen LogP contribution in [-0.4, -0.2) is 21.0 Å². The zero-order valence-electron chi connectivity index (χ0n) is 6.82. The maximum Gasteiger partial charge on any atom is 0.338 e. The molecule has 2 N–H and O–H groups in total. The molecule has 0 aliphatic carbocycles. The highest BCUT2D eigenvalue weighted by Gasteiger charge is 2.12. The number of nitrogens with one attached hydrogen (secondary N) is 1. The average molecular weight is 217 g/mol. The molecule has 0 amide bonds. The SMILES string of the molecule is Cl.O=C(O)c1cc(F)cc2[nH]cnc12. The van der Waals surface area contributed by atoms with Crippen molar-refractivity contribution >= 4 is 29.4 Å². The summed E-state index contributed by atoms with van der Waals surface area (Å²) < 4.78 is 12.8. The van der Waals surface area contributed by atoms with Crippen LogP contribution in [0.3, 0.4) is 0 Å². The third kappa shape index (κ3) is 1.54. The van der Waals surface area contributed by atoms with E-state index in [0.29, 0.717) is 5.52 Å². The van der Waals surface area contributed by atoms with Gasteiger partial charge in [0, 0.05) is 0 Å². The summed E-state index contributed by atoms with van der Waals surface area (Å²) in [6, 6.07) is 2.15. The van der Waals surface area contributed by atoms with Crippen molar-refractivity contribution in [2.45, 2.75) is 0 Å². The van der Waals surface area contributed by atoms with Crippen LogP contribution >= 0.6 is 12.4 Å². The predicted octanol–water partition coefficient (Wildman–Crippen LogP) is 1.82. The Bertz CT molecular complexity index is 483. The van der Waals surface area contributed by atoms with E-state index in [4.69, 9.17) is 5.11 Å². The summed E-state index contributed by atoms with van der Waals surface area (Å²) in [6.07, 6.45) is 1.33. The molecule has 74 valence electrons. The van der Waals surface area contributed by atoms with Gasteiger partial charge in [-0.25, -0.2) is 14.2 Å². The molecular weight excluding hydrogens is 211 g/mol. The Balaban J connectivity index is 0.000000980. The van der Waals surface area contributed by atoms with Crippen molar-refractivity contribution in [1.29, 1.82) is 0 Å². The van der Waals surface area contributed by atoms with E-state index in [1.54, 1.807) is 0 Å². The summed E-state index contributed by atoms with van der Waals surface area (Å²) in [4.78, 5) is 17.1. The van der Waals surface area contributed by atoms with Crippen LogP contribution in [0.4, 0.5) is 4.39 Å². The third-order valence-corrected chi connectivity index (χ3v) is 1.72. The fourth-order valence-corrected chi connectivity index (χ4v) is 1.18. The van der Waals surface area contributed by atoms with Crippen LogP contribution in [0, 0.1) is 5.82 Å². The number of imidazole rings is 1. The minimum Gasteiger partial charge on any atom is -0.478 e. The molecular formula is C8H6ClFN2O2. The number of aromatic carboxylic acids is 1. The normalized spacial score (nSPS) is 9.79. The zero-order chi connectivity index (χ0) is 9.42. The van der Waals surface area contributed by atoms with Crippen molar-refractivity contribution < 1.29 is 14.3 Å².